The Morgan fingerprint density at radius 1 is 1.05 bits per heavy atom. The topological polar surface area (TPSA) is 29.5 Å². The average molecular weight is 268 g/mol. The van der Waals surface area contributed by atoms with Gasteiger partial charge in [0.15, 0.2) is 0 Å². The second-order valence-corrected chi connectivity index (χ2v) is 5.78. The van der Waals surface area contributed by atoms with Gasteiger partial charge in [-0.3, -0.25) is 0 Å². The molecular formula is C18H20O2. The summed E-state index contributed by atoms with van der Waals surface area (Å²) >= 11 is 0. The van der Waals surface area contributed by atoms with Crippen LogP contribution in [0.5, 0.6) is 5.75 Å². The van der Waals surface area contributed by atoms with Crippen LogP contribution in [0.3, 0.4) is 0 Å². The smallest absolute Gasteiger partial charge is 0.119 e. The van der Waals surface area contributed by atoms with Crippen LogP contribution in [0.2, 0.25) is 0 Å². The molecule has 1 aliphatic carbocycles. The molecule has 1 atom stereocenters. The van der Waals surface area contributed by atoms with Crippen LogP contribution in [0.4, 0.5) is 0 Å². The van der Waals surface area contributed by atoms with Crippen molar-refractivity contribution in [2.24, 2.45) is 0 Å². The van der Waals surface area contributed by atoms with Crippen LogP contribution < -0.4 is 4.74 Å². The van der Waals surface area contributed by atoms with E-state index in [1.807, 2.05) is 62.4 Å². The zero-order valence-corrected chi connectivity index (χ0v) is 12.0. The van der Waals surface area contributed by atoms with Crippen LogP contribution in [0, 0.1) is 6.92 Å². The zero-order chi connectivity index (χ0) is 14.2. The quantitative estimate of drug-likeness (QED) is 0.914. The summed E-state index contributed by atoms with van der Waals surface area (Å²) in [5.41, 5.74) is 1.96. The second-order valence-electron chi connectivity index (χ2n) is 5.78. The van der Waals surface area contributed by atoms with E-state index in [0.29, 0.717) is 6.10 Å². The molecule has 1 aliphatic rings. The van der Waals surface area contributed by atoms with Crippen LogP contribution in [0.15, 0.2) is 48.5 Å². The molecule has 1 saturated carbocycles. The molecule has 0 aliphatic heterocycles. The molecule has 0 spiro atoms. The van der Waals surface area contributed by atoms with E-state index >= 15 is 0 Å². The largest absolute Gasteiger partial charge is 0.490 e. The van der Waals surface area contributed by atoms with Crippen molar-refractivity contribution in [3.8, 4) is 5.75 Å². The number of aryl methyl sites for hydroxylation is 1. The first-order valence-electron chi connectivity index (χ1n) is 7.12. The average Bonchev–Trinajstić information content (AvgIpc) is 3.23. The van der Waals surface area contributed by atoms with E-state index in [2.05, 4.69) is 0 Å². The second kappa shape index (κ2) is 4.95. The maximum atomic E-state index is 10.8. The highest BCUT2D eigenvalue weighted by Crippen LogP contribution is 2.32. The summed E-state index contributed by atoms with van der Waals surface area (Å²) in [6.07, 6.45) is 2.71. The van der Waals surface area contributed by atoms with E-state index in [4.69, 9.17) is 4.74 Å². The van der Waals surface area contributed by atoms with Gasteiger partial charge in [0.1, 0.15) is 11.4 Å². The van der Waals surface area contributed by atoms with E-state index in [9.17, 15) is 5.11 Å². The van der Waals surface area contributed by atoms with Crippen molar-refractivity contribution in [1.29, 1.82) is 0 Å². The van der Waals surface area contributed by atoms with Crippen molar-refractivity contribution < 1.29 is 9.84 Å². The molecule has 3 rings (SSSR count). The molecule has 1 unspecified atom stereocenters. The van der Waals surface area contributed by atoms with Gasteiger partial charge < -0.3 is 9.84 Å². The SMILES string of the molecule is Cc1cccc(C(C)(O)c2ccc(OC3CC3)cc2)c1. The number of ether oxygens (including phenoxy) is 1. The summed E-state index contributed by atoms with van der Waals surface area (Å²) in [4.78, 5) is 0. The Balaban J connectivity index is 1.86. The lowest BCUT2D eigenvalue weighted by Crippen LogP contribution is -2.22. The molecule has 1 fully saturated rings. The molecule has 104 valence electrons. The fraction of sp³-hybridized carbons (Fsp3) is 0.333. The molecule has 0 bridgehead atoms. The summed E-state index contributed by atoms with van der Waals surface area (Å²) in [6, 6.07) is 15.8. The predicted molar refractivity (Wildman–Crippen MR) is 79.9 cm³/mol. The van der Waals surface area contributed by atoms with Crippen molar-refractivity contribution in [3.05, 3.63) is 65.2 Å². The number of benzene rings is 2. The van der Waals surface area contributed by atoms with Crippen LogP contribution in [-0.2, 0) is 5.60 Å². The van der Waals surface area contributed by atoms with Crippen molar-refractivity contribution in [3.63, 3.8) is 0 Å². The molecule has 1 N–H and O–H groups in total. The molecule has 0 aromatic heterocycles. The minimum Gasteiger partial charge on any atom is -0.490 e. The summed E-state index contributed by atoms with van der Waals surface area (Å²) < 4.78 is 5.74. The van der Waals surface area contributed by atoms with E-state index in [1.54, 1.807) is 0 Å². The summed E-state index contributed by atoms with van der Waals surface area (Å²) in [6.45, 7) is 3.87. The molecule has 0 heterocycles. The van der Waals surface area contributed by atoms with Gasteiger partial charge in [0, 0.05) is 0 Å². The van der Waals surface area contributed by atoms with Gasteiger partial charge in [0.05, 0.1) is 6.10 Å². The molecule has 2 aromatic rings. The minimum atomic E-state index is -0.982. The summed E-state index contributed by atoms with van der Waals surface area (Å²) in [5.74, 6) is 0.885. The first-order valence-corrected chi connectivity index (χ1v) is 7.12. The van der Waals surface area contributed by atoms with Gasteiger partial charge >= 0.3 is 0 Å². The van der Waals surface area contributed by atoms with Gasteiger partial charge in [-0.15, -0.1) is 0 Å². The number of aliphatic hydroxyl groups is 1. The Bertz CT molecular complexity index is 595. The normalized spacial score (nSPS) is 17.6. The zero-order valence-electron chi connectivity index (χ0n) is 12.0. The highest BCUT2D eigenvalue weighted by molar-refractivity contribution is 5.39. The molecule has 0 radical (unpaired) electrons. The van der Waals surface area contributed by atoms with E-state index in [0.717, 1.165) is 35.3 Å². The third-order valence-corrected chi connectivity index (χ3v) is 3.82. The Labute approximate surface area is 120 Å². The molecule has 2 nitrogen and oxygen atoms in total. The van der Waals surface area contributed by atoms with Gasteiger partial charge in [-0.25, -0.2) is 0 Å². The Kier molecular flexibility index (Phi) is 3.27. The van der Waals surface area contributed by atoms with Gasteiger partial charge in [-0.05, 0) is 49.9 Å². The van der Waals surface area contributed by atoms with Crippen LogP contribution >= 0.6 is 0 Å². The molecule has 2 aromatic carbocycles. The predicted octanol–water partition coefficient (Wildman–Crippen LogP) is 3.79. The fourth-order valence-electron chi connectivity index (χ4n) is 2.35. The van der Waals surface area contributed by atoms with Crippen molar-refractivity contribution in [2.75, 3.05) is 0 Å². The highest BCUT2D eigenvalue weighted by Gasteiger charge is 2.26. The van der Waals surface area contributed by atoms with Crippen LogP contribution in [-0.4, -0.2) is 11.2 Å². The molecule has 0 amide bonds. The van der Waals surface area contributed by atoms with Gasteiger partial charge in [-0.1, -0.05) is 42.0 Å². The molecule has 0 saturated heterocycles. The first-order chi connectivity index (χ1) is 9.55. The fourth-order valence-corrected chi connectivity index (χ4v) is 2.35. The number of rotatable bonds is 4. The van der Waals surface area contributed by atoms with E-state index in [-0.39, 0.29) is 0 Å². The molecule has 20 heavy (non-hydrogen) atoms. The minimum absolute atomic E-state index is 0.401. The lowest BCUT2D eigenvalue weighted by Gasteiger charge is -2.25. The van der Waals surface area contributed by atoms with Crippen molar-refractivity contribution in [1.82, 2.24) is 0 Å². The lowest BCUT2D eigenvalue weighted by molar-refractivity contribution is 0.102. The molecule has 2 heteroatoms. The van der Waals surface area contributed by atoms with Crippen LogP contribution in [0.25, 0.3) is 0 Å². The van der Waals surface area contributed by atoms with Gasteiger partial charge in [-0.2, -0.15) is 0 Å². The van der Waals surface area contributed by atoms with E-state index in [1.165, 1.54) is 0 Å². The Morgan fingerprint density at radius 3 is 2.35 bits per heavy atom. The summed E-state index contributed by atoms with van der Waals surface area (Å²) in [5, 5.41) is 10.8. The van der Waals surface area contributed by atoms with E-state index < -0.39 is 5.60 Å². The third-order valence-electron chi connectivity index (χ3n) is 3.82. The van der Waals surface area contributed by atoms with Crippen LogP contribution in [0.1, 0.15) is 36.5 Å². The summed E-state index contributed by atoms with van der Waals surface area (Å²) in [7, 11) is 0. The maximum Gasteiger partial charge on any atom is 0.119 e. The lowest BCUT2D eigenvalue weighted by atomic mass is 9.87. The first kappa shape index (κ1) is 13.2. The van der Waals surface area contributed by atoms with Gasteiger partial charge in [0.2, 0.25) is 0 Å². The van der Waals surface area contributed by atoms with Crippen molar-refractivity contribution in [2.45, 2.75) is 38.4 Å². The molecular weight excluding hydrogens is 248 g/mol. The maximum absolute atomic E-state index is 10.8. The Hall–Kier alpha value is -1.80. The number of hydrogen-bond acceptors (Lipinski definition) is 2. The van der Waals surface area contributed by atoms with Crippen molar-refractivity contribution >= 4 is 0 Å². The monoisotopic (exact) mass is 268 g/mol. The highest BCUT2D eigenvalue weighted by atomic mass is 16.5. The van der Waals surface area contributed by atoms with Gasteiger partial charge in [0.25, 0.3) is 0 Å². The number of hydrogen-bond donors (Lipinski definition) is 1. The standard InChI is InChI=1S/C18H20O2/c1-13-4-3-5-15(12-13)18(2,19)14-6-8-16(9-7-14)20-17-10-11-17/h3-9,12,17,19H,10-11H2,1-2H3. The Morgan fingerprint density at radius 2 is 1.75 bits per heavy atom. The third kappa shape index (κ3) is 2.70.